The maximum Gasteiger partial charge on any atom is 0.339 e. The first kappa shape index (κ1) is 12.5. The lowest BCUT2D eigenvalue weighted by Gasteiger charge is -2.13. The molecule has 1 aliphatic rings. The van der Waals surface area contributed by atoms with Crippen LogP contribution in [-0.2, 0) is 9.53 Å². The molecule has 18 heavy (non-hydrogen) atoms. The Kier molecular flexibility index (Phi) is 3.60. The van der Waals surface area contributed by atoms with Gasteiger partial charge in [-0.1, -0.05) is 6.07 Å². The second-order valence-corrected chi connectivity index (χ2v) is 4.34. The van der Waals surface area contributed by atoms with Crippen molar-refractivity contribution >= 4 is 11.9 Å². The summed E-state index contributed by atoms with van der Waals surface area (Å²) < 4.78 is 17.9. The third kappa shape index (κ3) is 3.29. The van der Waals surface area contributed by atoms with E-state index in [1.807, 2.05) is 0 Å². The number of hydrogen-bond acceptors (Lipinski definition) is 3. The minimum absolute atomic E-state index is 0.0982. The second-order valence-electron chi connectivity index (χ2n) is 4.34. The van der Waals surface area contributed by atoms with Gasteiger partial charge in [0.25, 0.3) is 5.91 Å². The van der Waals surface area contributed by atoms with Crippen LogP contribution < -0.4 is 5.32 Å². The van der Waals surface area contributed by atoms with E-state index in [0.29, 0.717) is 0 Å². The van der Waals surface area contributed by atoms with E-state index in [9.17, 15) is 14.0 Å². The molecule has 1 amide bonds. The van der Waals surface area contributed by atoms with Crippen LogP contribution in [0.3, 0.4) is 0 Å². The second kappa shape index (κ2) is 5.16. The molecule has 1 aliphatic carbocycles. The molecule has 1 N–H and O–H groups in total. The molecular weight excluding hydrogens is 237 g/mol. The van der Waals surface area contributed by atoms with Gasteiger partial charge >= 0.3 is 5.97 Å². The van der Waals surface area contributed by atoms with Gasteiger partial charge in [-0.25, -0.2) is 9.18 Å². The molecule has 0 aliphatic heterocycles. The highest BCUT2D eigenvalue weighted by Crippen LogP contribution is 2.19. The van der Waals surface area contributed by atoms with Crippen molar-refractivity contribution in [2.75, 3.05) is 0 Å². The lowest BCUT2D eigenvalue weighted by Crippen LogP contribution is -2.37. The van der Waals surface area contributed by atoms with Crippen LogP contribution in [0.1, 0.15) is 30.1 Å². The predicted molar refractivity (Wildman–Crippen MR) is 62.4 cm³/mol. The fourth-order valence-corrected chi connectivity index (χ4v) is 1.44. The van der Waals surface area contributed by atoms with Gasteiger partial charge in [0.15, 0.2) is 6.10 Å². The lowest BCUT2D eigenvalue weighted by atomic mass is 10.2. The molecule has 4 nitrogen and oxygen atoms in total. The zero-order valence-corrected chi connectivity index (χ0v) is 9.98. The summed E-state index contributed by atoms with van der Waals surface area (Å²) in [6.45, 7) is 1.49. The number of hydrogen-bond donors (Lipinski definition) is 1. The van der Waals surface area contributed by atoms with Crippen molar-refractivity contribution in [2.24, 2.45) is 0 Å². The summed E-state index contributed by atoms with van der Waals surface area (Å²) in [6, 6.07) is 5.39. The van der Waals surface area contributed by atoms with E-state index in [0.717, 1.165) is 18.9 Å². The van der Waals surface area contributed by atoms with E-state index < -0.39 is 17.9 Å². The molecular formula is C13H14FNO3. The molecule has 0 bridgehead atoms. The minimum atomic E-state index is -0.874. The van der Waals surface area contributed by atoms with Crippen molar-refractivity contribution in [3.05, 3.63) is 35.6 Å². The van der Waals surface area contributed by atoms with Crippen molar-refractivity contribution < 1.29 is 18.7 Å². The van der Waals surface area contributed by atoms with E-state index >= 15 is 0 Å². The minimum Gasteiger partial charge on any atom is -0.449 e. The van der Waals surface area contributed by atoms with E-state index in [2.05, 4.69) is 5.32 Å². The van der Waals surface area contributed by atoms with Crippen molar-refractivity contribution in [3.8, 4) is 0 Å². The number of esters is 1. The van der Waals surface area contributed by atoms with Crippen LogP contribution in [0.5, 0.6) is 0 Å². The van der Waals surface area contributed by atoms with Crippen molar-refractivity contribution in [1.29, 1.82) is 0 Å². The summed E-state index contributed by atoms with van der Waals surface area (Å²) in [4.78, 5) is 23.2. The summed E-state index contributed by atoms with van der Waals surface area (Å²) >= 11 is 0. The molecule has 1 aromatic rings. The Morgan fingerprint density at radius 3 is 2.78 bits per heavy atom. The van der Waals surface area contributed by atoms with Gasteiger partial charge in [0.1, 0.15) is 5.82 Å². The molecule has 1 aromatic carbocycles. The number of carbonyl (C=O) groups is 2. The van der Waals surface area contributed by atoms with Crippen molar-refractivity contribution in [1.82, 2.24) is 5.32 Å². The van der Waals surface area contributed by atoms with Crippen LogP contribution >= 0.6 is 0 Å². The van der Waals surface area contributed by atoms with Gasteiger partial charge < -0.3 is 10.1 Å². The molecule has 1 atom stereocenters. The number of amides is 1. The Balaban J connectivity index is 1.91. The fraction of sp³-hybridized carbons (Fsp3) is 0.385. The third-order valence-corrected chi connectivity index (χ3v) is 2.64. The van der Waals surface area contributed by atoms with Crippen molar-refractivity contribution in [3.63, 3.8) is 0 Å². The van der Waals surface area contributed by atoms with Crippen LogP contribution in [-0.4, -0.2) is 24.0 Å². The van der Waals surface area contributed by atoms with Gasteiger partial charge in [-0.2, -0.15) is 0 Å². The molecule has 0 spiro atoms. The standard InChI is InChI=1S/C13H14FNO3/c1-8(12(16)15-11-5-6-11)18-13(17)9-3-2-4-10(14)7-9/h2-4,7-8,11H,5-6H2,1H3,(H,15,16). The van der Waals surface area contributed by atoms with E-state index in [4.69, 9.17) is 4.74 Å². The van der Waals surface area contributed by atoms with E-state index in [-0.39, 0.29) is 17.5 Å². The first-order chi connectivity index (χ1) is 8.56. The smallest absolute Gasteiger partial charge is 0.339 e. The fourth-order valence-electron chi connectivity index (χ4n) is 1.44. The maximum atomic E-state index is 12.9. The van der Waals surface area contributed by atoms with Crippen LogP contribution in [0.15, 0.2) is 24.3 Å². The summed E-state index contributed by atoms with van der Waals surface area (Å²) in [5, 5.41) is 2.73. The van der Waals surface area contributed by atoms with E-state index in [1.54, 1.807) is 0 Å². The number of rotatable bonds is 4. The Hall–Kier alpha value is -1.91. The highest BCUT2D eigenvalue weighted by atomic mass is 19.1. The molecule has 96 valence electrons. The predicted octanol–water partition coefficient (Wildman–Crippen LogP) is 1.65. The number of halogens is 1. The van der Waals surface area contributed by atoms with Gasteiger partial charge in [0.05, 0.1) is 5.56 Å². The normalized spacial score (nSPS) is 15.9. The van der Waals surface area contributed by atoms with Gasteiger partial charge in [-0.15, -0.1) is 0 Å². The molecule has 1 saturated carbocycles. The molecule has 2 rings (SSSR count). The number of nitrogens with one attached hydrogen (secondary N) is 1. The summed E-state index contributed by atoms with van der Waals surface area (Å²) in [5.74, 6) is -1.53. The molecule has 0 radical (unpaired) electrons. The average Bonchev–Trinajstić information content (AvgIpc) is 3.12. The number of ether oxygens (including phenoxy) is 1. The summed E-state index contributed by atoms with van der Waals surface area (Å²) in [7, 11) is 0. The summed E-state index contributed by atoms with van der Waals surface area (Å²) in [6.07, 6.45) is 1.06. The average molecular weight is 251 g/mol. The van der Waals surface area contributed by atoms with Crippen LogP contribution in [0.2, 0.25) is 0 Å². The molecule has 0 aromatic heterocycles. The van der Waals surface area contributed by atoms with E-state index in [1.165, 1.54) is 25.1 Å². The van der Waals surface area contributed by atoms with Gasteiger partial charge in [-0.05, 0) is 38.0 Å². The molecule has 5 heteroatoms. The monoisotopic (exact) mass is 251 g/mol. The molecule has 0 heterocycles. The SMILES string of the molecule is CC(OC(=O)c1cccc(F)c1)C(=O)NC1CC1. The number of carbonyl (C=O) groups excluding carboxylic acids is 2. The highest BCUT2D eigenvalue weighted by Gasteiger charge is 2.27. The molecule has 1 fully saturated rings. The van der Waals surface area contributed by atoms with Crippen molar-refractivity contribution in [2.45, 2.75) is 31.9 Å². The zero-order chi connectivity index (χ0) is 13.1. The lowest BCUT2D eigenvalue weighted by molar-refractivity contribution is -0.129. The van der Waals surface area contributed by atoms with Crippen LogP contribution in [0.25, 0.3) is 0 Å². The summed E-state index contributed by atoms with van der Waals surface area (Å²) in [5.41, 5.74) is 0.0982. The quantitative estimate of drug-likeness (QED) is 0.828. The maximum absolute atomic E-state index is 12.9. The largest absolute Gasteiger partial charge is 0.449 e. The Labute approximate surface area is 104 Å². The first-order valence-electron chi connectivity index (χ1n) is 5.83. The number of benzene rings is 1. The Bertz CT molecular complexity index is 471. The van der Waals surface area contributed by atoms with Crippen LogP contribution in [0, 0.1) is 5.82 Å². The molecule has 0 saturated heterocycles. The van der Waals surface area contributed by atoms with Gasteiger partial charge in [0.2, 0.25) is 0 Å². The zero-order valence-electron chi connectivity index (χ0n) is 9.98. The Morgan fingerprint density at radius 2 is 2.17 bits per heavy atom. The first-order valence-corrected chi connectivity index (χ1v) is 5.83. The topological polar surface area (TPSA) is 55.4 Å². The Morgan fingerprint density at radius 1 is 1.44 bits per heavy atom. The van der Waals surface area contributed by atoms with Gasteiger partial charge in [-0.3, -0.25) is 4.79 Å². The van der Waals surface area contributed by atoms with Gasteiger partial charge in [0, 0.05) is 6.04 Å². The highest BCUT2D eigenvalue weighted by molar-refractivity contribution is 5.92. The van der Waals surface area contributed by atoms with Crippen LogP contribution in [0.4, 0.5) is 4.39 Å². The molecule has 1 unspecified atom stereocenters. The third-order valence-electron chi connectivity index (χ3n) is 2.64.